The van der Waals surface area contributed by atoms with E-state index >= 15 is 0 Å². The second kappa shape index (κ2) is 7.87. The van der Waals surface area contributed by atoms with Crippen molar-refractivity contribution in [1.82, 2.24) is 15.5 Å². The Labute approximate surface area is 148 Å². The van der Waals surface area contributed by atoms with E-state index in [2.05, 4.69) is 22.8 Å². The van der Waals surface area contributed by atoms with Crippen molar-refractivity contribution in [3.63, 3.8) is 0 Å². The van der Waals surface area contributed by atoms with Gasteiger partial charge < -0.3 is 20.3 Å². The number of nitrogens with one attached hydrogen (secondary N) is 2. The van der Waals surface area contributed by atoms with Gasteiger partial charge in [-0.2, -0.15) is 0 Å². The second-order valence-corrected chi connectivity index (χ2v) is 7.17. The third-order valence-electron chi connectivity index (χ3n) is 4.74. The van der Waals surface area contributed by atoms with E-state index in [-0.39, 0.29) is 36.1 Å². The van der Waals surface area contributed by atoms with Gasteiger partial charge >= 0.3 is 6.03 Å². The summed E-state index contributed by atoms with van der Waals surface area (Å²) < 4.78 is 5.88. The molecule has 0 aliphatic carbocycles. The van der Waals surface area contributed by atoms with Crippen molar-refractivity contribution in [2.45, 2.75) is 44.9 Å². The van der Waals surface area contributed by atoms with Crippen LogP contribution in [0.2, 0.25) is 0 Å². The molecule has 25 heavy (non-hydrogen) atoms. The molecule has 0 unspecified atom stereocenters. The van der Waals surface area contributed by atoms with Crippen LogP contribution >= 0.6 is 0 Å². The number of ether oxygens (including phenoxy) is 1. The van der Waals surface area contributed by atoms with Crippen LogP contribution in [0.15, 0.2) is 30.3 Å². The van der Waals surface area contributed by atoms with Crippen LogP contribution in [0.4, 0.5) is 4.79 Å². The first-order chi connectivity index (χ1) is 12.0. The Hall–Kier alpha value is -2.08. The van der Waals surface area contributed by atoms with Gasteiger partial charge in [0.1, 0.15) is 0 Å². The number of amides is 3. The molecule has 2 saturated heterocycles. The van der Waals surface area contributed by atoms with Crippen molar-refractivity contribution in [1.29, 1.82) is 0 Å². The molecular weight excluding hydrogens is 318 g/mol. The SMILES string of the molecule is CC(C)NC(=O)[C@@H]1C[C@H]2CN(C(=O)NCCc3ccccc3)C[C@@H]1O2. The summed E-state index contributed by atoms with van der Waals surface area (Å²) >= 11 is 0. The number of carbonyl (C=O) groups is 2. The normalized spacial score (nSPS) is 25.1. The standard InChI is InChI=1S/C19H27N3O3/c1-13(2)21-18(23)16-10-15-11-22(12-17(16)25-15)19(24)20-9-8-14-6-4-3-5-7-14/h3-7,13,15-17H,8-12H2,1-2H3,(H,20,24)(H,21,23)/t15-,16+,17-/m0/s1. The zero-order valence-corrected chi connectivity index (χ0v) is 14.9. The van der Waals surface area contributed by atoms with E-state index in [1.165, 1.54) is 5.56 Å². The number of hydrogen-bond donors (Lipinski definition) is 2. The first kappa shape index (κ1) is 17.7. The van der Waals surface area contributed by atoms with Gasteiger partial charge in [0.25, 0.3) is 0 Å². The molecule has 2 N–H and O–H groups in total. The van der Waals surface area contributed by atoms with Crippen molar-refractivity contribution in [3.8, 4) is 0 Å². The molecule has 2 bridgehead atoms. The van der Waals surface area contributed by atoms with Crippen LogP contribution in [-0.2, 0) is 16.0 Å². The highest BCUT2D eigenvalue weighted by Gasteiger charge is 2.45. The highest BCUT2D eigenvalue weighted by atomic mass is 16.5. The number of fused-ring (bicyclic) bond motifs is 2. The molecule has 0 spiro atoms. The third kappa shape index (κ3) is 4.51. The lowest BCUT2D eigenvalue weighted by Gasteiger charge is -2.32. The molecule has 1 aromatic rings. The predicted molar refractivity (Wildman–Crippen MR) is 95.2 cm³/mol. The fourth-order valence-electron chi connectivity index (χ4n) is 3.56. The van der Waals surface area contributed by atoms with Gasteiger partial charge in [0.05, 0.1) is 18.1 Å². The number of benzene rings is 1. The maximum Gasteiger partial charge on any atom is 0.317 e. The molecule has 3 amide bonds. The second-order valence-electron chi connectivity index (χ2n) is 7.17. The number of morpholine rings is 1. The Morgan fingerprint density at radius 3 is 2.72 bits per heavy atom. The smallest absolute Gasteiger partial charge is 0.317 e. The van der Waals surface area contributed by atoms with Crippen LogP contribution in [0.25, 0.3) is 0 Å². The molecule has 3 rings (SSSR count). The molecular formula is C19H27N3O3. The van der Waals surface area contributed by atoms with Gasteiger partial charge in [0.2, 0.25) is 5.91 Å². The zero-order chi connectivity index (χ0) is 17.8. The van der Waals surface area contributed by atoms with Crippen molar-refractivity contribution >= 4 is 11.9 Å². The number of likely N-dealkylation sites (tertiary alicyclic amines) is 1. The molecule has 2 aliphatic heterocycles. The van der Waals surface area contributed by atoms with Crippen LogP contribution < -0.4 is 10.6 Å². The van der Waals surface area contributed by atoms with Gasteiger partial charge in [-0.15, -0.1) is 0 Å². The minimum atomic E-state index is -0.197. The maximum atomic E-state index is 12.4. The van der Waals surface area contributed by atoms with E-state index in [4.69, 9.17) is 4.74 Å². The molecule has 2 heterocycles. The molecule has 6 nitrogen and oxygen atoms in total. The van der Waals surface area contributed by atoms with Gasteiger partial charge in [-0.25, -0.2) is 4.79 Å². The summed E-state index contributed by atoms with van der Waals surface area (Å²) in [5.74, 6) is -0.122. The van der Waals surface area contributed by atoms with Crippen molar-refractivity contribution in [2.24, 2.45) is 5.92 Å². The lowest BCUT2D eigenvalue weighted by atomic mass is 9.99. The molecule has 136 valence electrons. The highest BCUT2D eigenvalue weighted by Crippen LogP contribution is 2.32. The van der Waals surface area contributed by atoms with Gasteiger partial charge in [-0.1, -0.05) is 30.3 Å². The summed E-state index contributed by atoms with van der Waals surface area (Å²) in [7, 11) is 0. The average molecular weight is 345 g/mol. The first-order valence-electron chi connectivity index (χ1n) is 9.05. The summed E-state index contributed by atoms with van der Waals surface area (Å²) in [6.45, 7) is 5.54. The fraction of sp³-hybridized carbons (Fsp3) is 0.579. The first-order valence-corrected chi connectivity index (χ1v) is 9.05. The van der Waals surface area contributed by atoms with Crippen LogP contribution in [0.3, 0.4) is 0 Å². The molecule has 3 atom stereocenters. The molecule has 0 saturated carbocycles. The van der Waals surface area contributed by atoms with Crippen molar-refractivity contribution in [3.05, 3.63) is 35.9 Å². The number of nitrogens with zero attached hydrogens (tertiary/aromatic N) is 1. The predicted octanol–water partition coefficient (Wildman–Crippen LogP) is 1.55. The van der Waals surface area contributed by atoms with E-state index in [0.29, 0.717) is 26.1 Å². The molecule has 1 aromatic carbocycles. The number of carbonyl (C=O) groups excluding carboxylic acids is 2. The molecule has 6 heteroatoms. The number of urea groups is 1. The van der Waals surface area contributed by atoms with Crippen LogP contribution in [0, 0.1) is 5.92 Å². The Balaban J connectivity index is 1.48. The Morgan fingerprint density at radius 1 is 1.24 bits per heavy atom. The topological polar surface area (TPSA) is 70.7 Å². The summed E-state index contributed by atoms with van der Waals surface area (Å²) in [5.41, 5.74) is 1.20. The minimum Gasteiger partial charge on any atom is -0.370 e. The van der Waals surface area contributed by atoms with E-state index in [1.54, 1.807) is 4.90 Å². The zero-order valence-electron chi connectivity index (χ0n) is 14.9. The molecule has 2 aliphatic rings. The number of rotatable bonds is 5. The maximum absolute atomic E-state index is 12.4. The average Bonchev–Trinajstić information content (AvgIpc) is 2.89. The monoisotopic (exact) mass is 345 g/mol. The fourth-order valence-corrected chi connectivity index (χ4v) is 3.56. The van der Waals surface area contributed by atoms with Crippen LogP contribution in [0.5, 0.6) is 0 Å². The Morgan fingerprint density at radius 2 is 2.00 bits per heavy atom. The van der Waals surface area contributed by atoms with Crippen molar-refractivity contribution < 1.29 is 14.3 Å². The van der Waals surface area contributed by atoms with Crippen LogP contribution in [0.1, 0.15) is 25.8 Å². The van der Waals surface area contributed by atoms with Gasteiger partial charge in [-0.3, -0.25) is 4.79 Å². The third-order valence-corrected chi connectivity index (χ3v) is 4.74. The van der Waals surface area contributed by atoms with Gasteiger partial charge in [0.15, 0.2) is 0 Å². The highest BCUT2D eigenvalue weighted by molar-refractivity contribution is 5.80. The molecule has 2 fully saturated rings. The van der Waals surface area contributed by atoms with Gasteiger partial charge in [-0.05, 0) is 32.3 Å². The summed E-state index contributed by atoms with van der Waals surface area (Å²) in [6.07, 6.45) is 1.26. The summed E-state index contributed by atoms with van der Waals surface area (Å²) in [6, 6.07) is 10.1. The number of hydrogen-bond acceptors (Lipinski definition) is 3. The Bertz CT molecular complexity index is 605. The quantitative estimate of drug-likeness (QED) is 0.851. The van der Waals surface area contributed by atoms with Crippen molar-refractivity contribution in [2.75, 3.05) is 19.6 Å². The molecule has 0 aromatic heterocycles. The molecule has 0 radical (unpaired) electrons. The lowest BCUT2D eigenvalue weighted by molar-refractivity contribution is -0.128. The van der Waals surface area contributed by atoms with E-state index in [0.717, 1.165) is 6.42 Å². The Kier molecular flexibility index (Phi) is 5.58. The van der Waals surface area contributed by atoms with E-state index in [9.17, 15) is 9.59 Å². The van der Waals surface area contributed by atoms with Gasteiger partial charge in [0, 0.05) is 25.7 Å². The summed E-state index contributed by atoms with van der Waals surface area (Å²) in [5, 5.41) is 5.93. The summed E-state index contributed by atoms with van der Waals surface area (Å²) in [4.78, 5) is 26.5. The van der Waals surface area contributed by atoms with Crippen LogP contribution in [-0.4, -0.2) is 54.7 Å². The lowest BCUT2D eigenvalue weighted by Crippen LogP contribution is -2.51. The van der Waals surface area contributed by atoms with E-state index < -0.39 is 0 Å². The minimum absolute atomic E-state index is 0.0360. The largest absolute Gasteiger partial charge is 0.370 e. The van der Waals surface area contributed by atoms with E-state index in [1.807, 2.05) is 32.0 Å².